The molecule has 1 aliphatic carbocycles. The van der Waals surface area contributed by atoms with Gasteiger partial charge in [-0.2, -0.15) is 0 Å². The van der Waals surface area contributed by atoms with Gasteiger partial charge in [0.1, 0.15) is 11.5 Å². The Morgan fingerprint density at radius 3 is 2.91 bits per heavy atom. The molecule has 1 saturated carbocycles. The van der Waals surface area contributed by atoms with Crippen molar-refractivity contribution in [2.75, 3.05) is 0 Å². The lowest BCUT2D eigenvalue weighted by Crippen LogP contribution is -2.21. The second-order valence-corrected chi connectivity index (χ2v) is 6.60. The lowest BCUT2D eigenvalue weighted by Gasteiger charge is -2.26. The summed E-state index contributed by atoms with van der Waals surface area (Å²) in [6.07, 6.45) is 5.33. The van der Waals surface area contributed by atoms with Crippen molar-refractivity contribution in [3.05, 3.63) is 41.3 Å². The molecule has 1 aromatic heterocycles. The van der Waals surface area contributed by atoms with Gasteiger partial charge in [-0.05, 0) is 44.7 Å². The van der Waals surface area contributed by atoms with E-state index in [-0.39, 0.29) is 0 Å². The smallest absolute Gasteiger partial charge is 0.226 e. The molecule has 0 aliphatic heterocycles. The fourth-order valence-electron chi connectivity index (χ4n) is 3.19. The SMILES string of the molecule is Cc1cccc(-c2nc(CO[C@H]3CCC[C@@H](C)C3)c(C)o2)c1. The standard InChI is InChI=1S/C19H25NO2/c1-13-6-4-8-16(10-13)19-20-18(15(3)22-19)12-21-17-9-5-7-14(2)11-17/h4,6,8,10,14,17H,5,7,9,11-12H2,1-3H3/t14-,17+/m1/s1. The van der Waals surface area contributed by atoms with Crippen LogP contribution < -0.4 is 0 Å². The second kappa shape index (κ2) is 6.66. The molecule has 0 amide bonds. The van der Waals surface area contributed by atoms with Crippen LogP contribution in [-0.4, -0.2) is 11.1 Å². The molecule has 1 aromatic carbocycles. The van der Waals surface area contributed by atoms with Gasteiger partial charge in [0.25, 0.3) is 0 Å². The van der Waals surface area contributed by atoms with Crippen LogP contribution in [-0.2, 0) is 11.3 Å². The van der Waals surface area contributed by atoms with Crippen molar-refractivity contribution in [3.63, 3.8) is 0 Å². The van der Waals surface area contributed by atoms with Gasteiger partial charge in [-0.3, -0.25) is 0 Å². The van der Waals surface area contributed by atoms with Gasteiger partial charge in [-0.15, -0.1) is 0 Å². The molecule has 2 atom stereocenters. The van der Waals surface area contributed by atoms with Crippen molar-refractivity contribution < 1.29 is 9.15 Å². The number of aromatic nitrogens is 1. The Kier molecular flexibility index (Phi) is 4.63. The van der Waals surface area contributed by atoms with Crippen LogP contribution in [0.2, 0.25) is 0 Å². The first kappa shape index (κ1) is 15.3. The molecule has 0 radical (unpaired) electrons. The maximum absolute atomic E-state index is 6.07. The maximum Gasteiger partial charge on any atom is 0.226 e. The number of ether oxygens (including phenoxy) is 1. The molecule has 1 fully saturated rings. The van der Waals surface area contributed by atoms with Crippen molar-refractivity contribution in [1.29, 1.82) is 0 Å². The third-order valence-corrected chi connectivity index (χ3v) is 4.50. The summed E-state index contributed by atoms with van der Waals surface area (Å²) in [5.41, 5.74) is 3.16. The minimum Gasteiger partial charge on any atom is -0.441 e. The summed E-state index contributed by atoms with van der Waals surface area (Å²) in [5, 5.41) is 0. The summed E-state index contributed by atoms with van der Waals surface area (Å²) in [4.78, 5) is 4.63. The number of hydrogen-bond acceptors (Lipinski definition) is 3. The van der Waals surface area contributed by atoms with Gasteiger partial charge in [-0.1, -0.05) is 37.5 Å². The van der Waals surface area contributed by atoms with E-state index in [1.165, 1.54) is 31.2 Å². The highest BCUT2D eigenvalue weighted by molar-refractivity contribution is 5.54. The number of oxazole rings is 1. The Hall–Kier alpha value is -1.61. The zero-order valence-electron chi connectivity index (χ0n) is 13.8. The van der Waals surface area contributed by atoms with Crippen LogP contribution in [0.1, 0.15) is 49.6 Å². The molecule has 3 rings (SSSR count). The van der Waals surface area contributed by atoms with Crippen LogP contribution in [0, 0.1) is 19.8 Å². The van der Waals surface area contributed by atoms with Crippen LogP contribution in [0.3, 0.4) is 0 Å². The molecule has 0 bridgehead atoms. The molecule has 1 heterocycles. The summed E-state index contributed by atoms with van der Waals surface area (Å²) in [5.74, 6) is 2.33. The largest absolute Gasteiger partial charge is 0.441 e. The number of aryl methyl sites for hydroxylation is 2. The molecule has 0 N–H and O–H groups in total. The van der Waals surface area contributed by atoms with E-state index in [0.717, 1.165) is 22.9 Å². The Bertz CT molecular complexity index is 632. The topological polar surface area (TPSA) is 35.3 Å². The molecule has 1 aliphatic rings. The maximum atomic E-state index is 6.07. The summed E-state index contributed by atoms with van der Waals surface area (Å²) in [7, 11) is 0. The zero-order valence-corrected chi connectivity index (χ0v) is 13.8. The molecule has 0 spiro atoms. The summed E-state index contributed by atoms with van der Waals surface area (Å²) in [6.45, 7) is 6.91. The van der Waals surface area contributed by atoms with Crippen molar-refractivity contribution in [2.24, 2.45) is 5.92 Å². The van der Waals surface area contributed by atoms with Crippen molar-refractivity contribution in [1.82, 2.24) is 4.98 Å². The van der Waals surface area contributed by atoms with E-state index < -0.39 is 0 Å². The quantitative estimate of drug-likeness (QED) is 0.792. The van der Waals surface area contributed by atoms with E-state index in [9.17, 15) is 0 Å². The first-order chi connectivity index (χ1) is 10.6. The molecule has 0 unspecified atom stereocenters. The van der Waals surface area contributed by atoms with Gasteiger partial charge in [-0.25, -0.2) is 4.98 Å². The molecule has 0 saturated heterocycles. The van der Waals surface area contributed by atoms with Crippen LogP contribution in [0.15, 0.2) is 28.7 Å². The van der Waals surface area contributed by atoms with E-state index in [1.807, 2.05) is 19.1 Å². The molecule has 3 heteroatoms. The summed E-state index contributed by atoms with van der Waals surface area (Å²) < 4.78 is 11.9. The summed E-state index contributed by atoms with van der Waals surface area (Å²) in [6, 6.07) is 8.24. The number of nitrogens with zero attached hydrogens (tertiary/aromatic N) is 1. The summed E-state index contributed by atoms with van der Waals surface area (Å²) >= 11 is 0. The lowest BCUT2D eigenvalue weighted by molar-refractivity contribution is 0.00293. The van der Waals surface area contributed by atoms with E-state index in [4.69, 9.17) is 9.15 Å². The van der Waals surface area contributed by atoms with Crippen LogP contribution >= 0.6 is 0 Å². The highest BCUT2D eigenvalue weighted by Crippen LogP contribution is 2.27. The average Bonchev–Trinajstić information content (AvgIpc) is 2.86. The Morgan fingerprint density at radius 1 is 1.27 bits per heavy atom. The lowest BCUT2D eigenvalue weighted by atomic mass is 9.89. The number of hydrogen-bond donors (Lipinski definition) is 0. The average molecular weight is 299 g/mol. The van der Waals surface area contributed by atoms with Crippen molar-refractivity contribution in [2.45, 2.75) is 59.2 Å². The van der Waals surface area contributed by atoms with E-state index >= 15 is 0 Å². The van der Waals surface area contributed by atoms with Gasteiger partial charge in [0, 0.05) is 5.56 Å². The number of benzene rings is 1. The van der Waals surface area contributed by atoms with Crippen LogP contribution in [0.4, 0.5) is 0 Å². The van der Waals surface area contributed by atoms with Crippen molar-refractivity contribution in [3.8, 4) is 11.5 Å². The zero-order chi connectivity index (χ0) is 15.5. The minimum atomic E-state index is 0.377. The molecule has 3 nitrogen and oxygen atoms in total. The van der Waals surface area contributed by atoms with Gasteiger partial charge < -0.3 is 9.15 Å². The first-order valence-corrected chi connectivity index (χ1v) is 8.27. The highest BCUT2D eigenvalue weighted by Gasteiger charge is 2.20. The molecule has 22 heavy (non-hydrogen) atoms. The molecular weight excluding hydrogens is 274 g/mol. The molecule has 118 valence electrons. The van der Waals surface area contributed by atoms with E-state index in [1.54, 1.807) is 0 Å². The fourth-order valence-corrected chi connectivity index (χ4v) is 3.19. The monoisotopic (exact) mass is 299 g/mol. The molecular formula is C19H25NO2. The Balaban J connectivity index is 1.67. The van der Waals surface area contributed by atoms with E-state index in [2.05, 4.69) is 31.0 Å². The third kappa shape index (κ3) is 3.58. The van der Waals surface area contributed by atoms with Crippen molar-refractivity contribution >= 4 is 0 Å². The third-order valence-electron chi connectivity index (χ3n) is 4.50. The van der Waals surface area contributed by atoms with E-state index in [0.29, 0.717) is 18.6 Å². The predicted octanol–water partition coefficient (Wildman–Crippen LogP) is 5.05. The highest BCUT2D eigenvalue weighted by atomic mass is 16.5. The first-order valence-electron chi connectivity index (χ1n) is 8.27. The van der Waals surface area contributed by atoms with Crippen LogP contribution in [0.25, 0.3) is 11.5 Å². The van der Waals surface area contributed by atoms with Crippen LogP contribution in [0.5, 0.6) is 0 Å². The van der Waals surface area contributed by atoms with Gasteiger partial charge in [0.2, 0.25) is 5.89 Å². The Morgan fingerprint density at radius 2 is 2.14 bits per heavy atom. The fraction of sp³-hybridized carbons (Fsp3) is 0.526. The molecule has 2 aromatic rings. The van der Waals surface area contributed by atoms with Gasteiger partial charge in [0.05, 0.1) is 12.7 Å². The predicted molar refractivity (Wildman–Crippen MR) is 87.6 cm³/mol. The minimum absolute atomic E-state index is 0.377. The number of rotatable bonds is 4. The second-order valence-electron chi connectivity index (χ2n) is 6.60. The normalized spacial score (nSPS) is 22.0. The Labute approximate surface area is 132 Å². The van der Waals surface area contributed by atoms with Gasteiger partial charge in [0.15, 0.2) is 0 Å². The van der Waals surface area contributed by atoms with Gasteiger partial charge >= 0.3 is 0 Å².